The number of rotatable bonds is 2. The number of anilines is 1. The van der Waals surface area contributed by atoms with Gasteiger partial charge in [-0.3, -0.25) is 0 Å². The summed E-state index contributed by atoms with van der Waals surface area (Å²) in [5.74, 6) is 0. The second-order valence-corrected chi connectivity index (χ2v) is 3.76. The molecule has 0 spiro atoms. The Bertz CT molecular complexity index is 442. The van der Waals surface area contributed by atoms with Crippen LogP contribution in [-0.2, 0) is 6.18 Å². The molecule has 1 aromatic carbocycles. The Kier molecular flexibility index (Phi) is 2.50. The number of para-hydroxylation sites is 1. The van der Waals surface area contributed by atoms with E-state index >= 15 is 0 Å². The zero-order valence-corrected chi connectivity index (χ0v) is 8.30. The molecule has 0 heterocycles. The van der Waals surface area contributed by atoms with Gasteiger partial charge in [-0.05, 0) is 25.0 Å². The third-order valence-corrected chi connectivity index (χ3v) is 2.42. The molecule has 0 aromatic heterocycles. The maximum Gasteiger partial charge on any atom is 0.418 e. The third-order valence-electron chi connectivity index (χ3n) is 2.42. The van der Waals surface area contributed by atoms with Crippen molar-refractivity contribution >= 4 is 5.69 Å². The van der Waals surface area contributed by atoms with Gasteiger partial charge in [-0.15, -0.1) is 0 Å². The van der Waals surface area contributed by atoms with Crippen LogP contribution in [0.4, 0.5) is 18.9 Å². The van der Waals surface area contributed by atoms with Crippen LogP contribution in [0.3, 0.4) is 0 Å². The fourth-order valence-corrected chi connectivity index (χ4v) is 1.47. The second kappa shape index (κ2) is 3.71. The normalized spacial score (nSPS) is 15.6. The Morgan fingerprint density at radius 2 is 2.00 bits per heavy atom. The summed E-state index contributed by atoms with van der Waals surface area (Å²) in [6.45, 7) is 0. The molecular formula is C11H9F3N2. The number of hydrogen-bond acceptors (Lipinski definition) is 2. The van der Waals surface area contributed by atoms with Crippen molar-refractivity contribution in [3.8, 4) is 6.07 Å². The van der Waals surface area contributed by atoms with Gasteiger partial charge in [0.25, 0.3) is 0 Å². The van der Waals surface area contributed by atoms with E-state index < -0.39 is 11.7 Å². The van der Waals surface area contributed by atoms with Crippen LogP contribution in [-0.4, -0.2) is 6.04 Å². The average molecular weight is 226 g/mol. The topological polar surface area (TPSA) is 35.8 Å². The minimum atomic E-state index is -4.43. The highest BCUT2D eigenvalue weighted by Crippen LogP contribution is 2.38. The van der Waals surface area contributed by atoms with Crippen molar-refractivity contribution in [1.29, 1.82) is 5.26 Å². The summed E-state index contributed by atoms with van der Waals surface area (Å²) in [5.41, 5.74) is -0.805. The summed E-state index contributed by atoms with van der Waals surface area (Å²) in [4.78, 5) is 0. The summed E-state index contributed by atoms with van der Waals surface area (Å²) >= 11 is 0. The van der Waals surface area contributed by atoms with E-state index in [1.807, 2.05) is 0 Å². The Balaban J connectivity index is 2.46. The number of hydrogen-bond donors (Lipinski definition) is 1. The standard InChI is InChI=1S/C11H9F3N2/c12-11(13,14)9-3-1-2-7(6-15)10(9)16-8-4-5-8/h1-3,8,16H,4-5H2. The van der Waals surface area contributed by atoms with Gasteiger partial charge in [0.1, 0.15) is 6.07 Å². The molecule has 2 nitrogen and oxygen atoms in total. The van der Waals surface area contributed by atoms with E-state index in [-0.39, 0.29) is 17.3 Å². The molecule has 1 aliphatic rings. The van der Waals surface area contributed by atoms with Gasteiger partial charge in [0.15, 0.2) is 0 Å². The Hall–Kier alpha value is -1.70. The summed E-state index contributed by atoms with van der Waals surface area (Å²) < 4.78 is 38.1. The molecule has 0 aliphatic heterocycles. The van der Waals surface area contributed by atoms with Crippen molar-refractivity contribution in [3.63, 3.8) is 0 Å². The largest absolute Gasteiger partial charge is 0.418 e. The molecule has 1 saturated carbocycles. The first-order valence-corrected chi connectivity index (χ1v) is 4.89. The lowest BCUT2D eigenvalue weighted by Crippen LogP contribution is -2.13. The Morgan fingerprint density at radius 3 is 2.50 bits per heavy atom. The number of nitrogens with one attached hydrogen (secondary N) is 1. The molecular weight excluding hydrogens is 217 g/mol. The minimum absolute atomic E-state index is 0.0433. The molecule has 2 rings (SSSR count). The van der Waals surface area contributed by atoms with Crippen LogP contribution in [0.2, 0.25) is 0 Å². The Labute approximate surface area is 90.7 Å². The number of nitrogens with zero attached hydrogens (tertiary/aromatic N) is 1. The predicted octanol–water partition coefficient (Wildman–Crippen LogP) is 3.15. The van der Waals surface area contributed by atoms with Gasteiger partial charge < -0.3 is 5.32 Å². The van der Waals surface area contributed by atoms with Gasteiger partial charge in [-0.2, -0.15) is 18.4 Å². The molecule has 0 amide bonds. The van der Waals surface area contributed by atoms with Crippen LogP contribution in [0.25, 0.3) is 0 Å². The van der Waals surface area contributed by atoms with Gasteiger partial charge in [0.05, 0.1) is 16.8 Å². The second-order valence-electron chi connectivity index (χ2n) is 3.76. The molecule has 1 aromatic rings. The highest BCUT2D eigenvalue weighted by molar-refractivity contribution is 5.64. The maximum atomic E-state index is 12.7. The molecule has 1 N–H and O–H groups in total. The van der Waals surface area contributed by atoms with E-state index in [0.29, 0.717) is 0 Å². The summed E-state index contributed by atoms with van der Waals surface area (Å²) in [6, 6.07) is 5.49. The van der Waals surface area contributed by atoms with Crippen molar-refractivity contribution in [1.82, 2.24) is 0 Å². The van der Waals surface area contributed by atoms with Crippen molar-refractivity contribution in [2.75, 3.05) is 5.32 Å². The van der Waals surface area contributed by atoms with Gasteiger partial charge in [-0.1, -0.05) is 6.07 Å². The molecule has 0 atom stereocenters. The smallest absolute Gasteiger partial charge is 0.381 e. The van der Waals surface area contributed by atoms with Crippen molar-refractivity contribution in [3.05, 3.63) is 29.3 Å². The molecule has 0 unspecified atom stereocenters. The lowest BCUT2D eigenvalue weighted by atomic mass is 10.1. The average Bonchev–Trinajstić information content (AvgIpc) is 3.00. The zero-order chi connectivity index (χ0) is 11.8. The molecule has 16 heavy (non-hydrogen) atoms. The van der Waals surface area contributed by atoms with Crippen molar-refractivity contribution in [2.45, 2.75) is 25.1 Å². The third kappa shape index (κ3) is 2.11. The minimum Gasteiger partial charge on any atom is -0.381 e. The molecule has 1 aliphatic carbocycles. The van der Waals surface area contributed by atoms with Crippen LogP contribution in [0.15, 0.2) is 18.2 Å². The van der Waals surface area contributed by atoms with Gasteiger partial charge in [0.2, 0.25) is 0 Å². The quantitative estimate of drug-likeness (QED) is 0.840. The van der Waals surface area contributed by atoms with E-state index in [0.717, 1.165) is 18.9 Å². The number of benzene rings is 1. The lowest BCUT2D eigenvalue weighted by Gasteiger charge is -2.15. The van der Waals surface area contributed by atoms with Crippen molar-refractivity contribution in [2.24, 2.45) is 0 Å². The van der Waals surface area contributed by atoms with Gasteiger partial charge >= 0.3 is 6.18 Å². The SMILES string of the molecule is N#Cc1cccc(C(F)(F)F)c1NC1CC1. The molecule has 0 saturated heterocycles. The van der Waals surface area contributed by atoms with Crippen LogP contribution in [0.1, 0.15) is 24.0 Å². The zero-order valence-electron chi connectivity index (χ0n) is 8.30. The first-order chi connectivity index (χ1) is 7.52. The van der Waals surface area contributed by atoms with Crippen LogP contribution >= 0.6 is 0 Å². The molecule has 84 valence electrons. The Morgan fingerprint density at radius 1 is 1.31 bits per heavy atom. The summed E-state index contributed by atoms with van der Waals surface area (Å²) in [7, 11) is 0. The monoisotopic (exact) mass is 226 g/mol. The number of alkyl halides is 3. The highest BCUT2D eigenvalue weighted by atomic mass is 19.4. The number of nitriles is 1. The molecule has 1 fully saturated rings. The molecule has 0 bridgehead atoms. The van der Waals surface area contributed by atoms with E-state index in [9.17, 15) is 13.2 Å². The predicted molar refractivity (Wildman–Crippen MR) is 52.8 cm³/mol. The highest BCUT2D eigenvalue weighted by Gasteiger charge is 2.36. The van der Waals surface area contributed by atoms with Crippen LogP contribution < -0.4 is 5.32 Å². The molecule has 5 heteroatoms. The fourth-order valence-electron chi connectivity index (χ4n) is 1.47. The van der Waals surface area contributed by atoms with Crippen LogP contribution in [0.5, 0.6) is 0 Å². The first-order valence-electron chi connectivity index (χ1n) is 4.89. The summed E-state index contributed by atoms with van der Waals surface area (Å²) in [6.07, 6.45) is -2.71. The van der Waals surface area contributed by atoms with Gasteiger partial charge in [-0.25, -0.2) is 0 Å². The van der Waals surface area contributed by atoms with E-state index in [2.05, 4.69) is 5.32 Å². The molecule has 0 radical (unpaired) electrons. The maximum absolute atomic E-state index is 12.7. The summed E-state index contributed by atoms with van der Waals surface area (Å²) in [5, 5.41) is 11.6. The van der Waals surface area contributed by atoms with E-state index in [4.69, 9.17) is 5.26 Å². The van der Waals surface area contributed by atoms with Crippen LogP contribution in [0, 0.1) is 11.3 Å². The lowest BCUT2D eigenvalue weighted by molar-refractivity contribution is -0.137. The number of halogens is 3. The fraction of sp³-hybridized carbons (Fsp3) is 0.364. The first kappa shape index (κ1) is 10.8. The van der Waals surface area contributed by atoms with E-state index in [1.165, 1.54) is 12.1 Å². The van der Waals surface area contributed by atoms with E-state index in [1.54, 1.807) is 6.07 Å². The van der Waals surface area contributed by atoms with Crippen molar-refractivity contribution < 1.29 is 13.2 Å². The van der Waals surface area contributed by atoms with Gasteiger partial charge in [0, 0.05) is 6.04 Å².